The van der Waals surface area contributed by atoms with Crippen molar-refractivity contribution in [3.63, 3.8) is 0 Å². The molecule has 1 N–H and O–H groups in total. The molecule has 2 unspecified atom stereocenters. The van der Waals surface area contributed by atoms with Gasteiger partial charge in [0.2, 0.25) is 0 Å². The molecular formula is C14H21N. The minimum absolute atomic E-state index is 0.721. The molecule has 0 bridgehead atoms. The van der Waals surface area contributed by atoms with Crippen LogP contribution in [-0.2, 0) is 0 Å². The van der Waals surface area contributed by atoms with Crippen molar-refractivity contribution in [2.24, 2.45) is 5.92 Å². The second-order valence-electron chi connectivity index (χ2n) is 4.97. The Kier molecular flexibility index (Phi) is 3.11. The predicted octanol–water partition coefficient (Wildman–Crippen LogP) is 3.13. The Hall–Kier alpha value is -0.820. The van der Waals surface area contributed by atoms with Crippen molar-refractivity contribution >= 4 is 0 Å². The van der Waals surface area contributed by atoms with Gasteiger partial charge in [-0.3, -0.25) is 0 Å². The highest BCUT2D eigenvalue weighted by Gasteiger charge is 2.31. The van der Waals surface area contributed by atoms with Gasteiger partial charge >= 0.3 is 0 Å². The highest BCUT2D eigenvalue weighted by molar-refractivity contribution is 5.39. The summed E-state index contributed by atoms with van der Waals surface area (Å²) in [4.78, 5) is 0. The Labute approximate surface area is 92.9 Å². The molecular weight excluding hydrogens is 182 g/mol. The molecule has 1 heteroatoms. The van der Waals surface area contributed by atoms with E-state index in [1.807, 2.05) is 7.05 Å². The fourth-order valence-corrected chi connectivity index (χ4v) is 2.85. The number of likely N-dealkylation sites (N-methyl/N-ethyl adjacent to an activating group) is 1. The lowest BCUT2D eigenvalue weighted by Crippen LogP contribution is -2.15. The van der Waals surface area contributed by atoms with E-state index in [4.69, 9.17) is 0 Å². The Morgan fingerprint density at radius 3 is 2.53 bits per heavy atom. The molecule has 2 rings (SSSR count). The maximum atomic E-state index is 3.31. The van der Waals surface area contributed by atoms with Crippen LogP contribution in [0.25, 0.3) is 0 Å². The molecule has 1 aromatic rings. The minimum atomic E-state index is 0.721. The van der Waals surface area contributed by atoms with Crippen LogP contribution in [0.5, 0.6) is 0 Å². The molecule has 2 atom stereocenters. The second kappa shape index (κ2) is 4.36. The summed E-state index contributed by atoms with van der Waals surface area (Å²) in [7, 11) is 2.05. The Morgan fingerprint density at radius 2 is 1.93 bits per heavy atom. The smallest absolute Gasteiger partial charge is 0.00174 e. The van der Waals surface area contributed by atoms with Gasteiger partial charge in [-0.25, -0.2) is 0 Å². The summed E-state index contributed by atoms with van der Waals surface area (Å²) >= 11 is 0. The van der Waals surface area contributed by atoms with Crippen LogP contribution in [0.15, 0.2) is 24.3 Å². The molecule has 0 amide bonds. The van der Waals surface area contributed by atoms with Crippen LogP contribution in [0, 0.1) is 5.92 Å². The third-order valence-corrected chi connectivity index (χ3v) is 3.63. The molecule has 0 saturated heterocycles. The summed E-state index contributed by atoms with van der Waals surface area (Å²) in [6.07, 6.45) is 1.32. The van der Waals surface area contributed by atoms with Gasteiger partial charge in [-0.05, 0) is 42.3 Å². The molecule has 0 aromatic heterocycles. The summed E-state index contributed by atoms with van der Waals surface area (Å²) in [5.41, 5.74) is 3.17. The van der Waals surface area contributed by atoms with Crippen LogP contribution in [0.4, 0.5) is 0 Å². The van der Waals surface area contributed by atoms with Crippen molar-refractivity contribution in [1.82, 2.24) is 5.32 Å². The number of hydrogen-bond acceptors (Lipinski definition) is 1. The third kappa shape index (κ3) is 1.93. The molecule has 0 radical (unpaired) electrons. The zero-order valence-corrected chi connectivity index (χ0v) is 9.96. The lowest BCUT2D eigenvalue weighted by Gasteiger charge is -2.15. The van der Waals surface area contributed by atoms with E-state index in [-0.39, 0.29) is 0 Å². The maximum Gasteiger partial charge on any atom is 0.00174 e. The Balaban J connectivity index is 2.31. The number of hydrogen-bond donors (Lipinski definition) is 1. The van der Waals surface area contributed by atoms with Crippen molar-refractivity contribution in [1.29, 1.82) is 0 Å². The SMILES string of the molecule is CNCC1CC(C(C)C)c2ccccc21. The second-order valence-corrected chi connectivity index (χ2v) is 4.97. The van der Waals surface area contributed by atoms with E-state index < -0.39 is 0 Å². The third-order valence-electron chi connectivity index (χ3n) is 3.63. The van der Waals surface area contributed by atoms with Gasteiger partial charge in [0.25, 0.3) is 0 Å². The number of rotatable bonds is 3. The standard InChI is InChI=1S/C14H21N/c1-10(2)14-8-11(9-15-3)12-6-4-5-7-13(12)14/h4-7,10-11,14-15H,8-9H2,1-3H3. The van der Waals surface area contributed by atoms with Crippen LogP contribution in [0.2, 0.25) is 0 Å². The van der Waals surface area contributed by atoms with Crippen LogP contribution in [-0.4, -0.2) is 13.6 Å². The lowest BCUT2D eigenvalue weighted by atomic mass is 9.90. The van der Waals surface area contributed by atoms with Crippen molar-refractivity contribution in [2.45, 2.75) is 32.1 Å². The van der Waals surface area contributed by atoms with Gasteiger partial charge in [0.1, 0.15) is 0 Å². The predicted molar refractivity (Wildman–Crippen MR) is 65.3 cm³/mol. The van der Waals surface area contributed by atoms with Gasteiger partial charge in [0.15, 0.2) is 0 Å². The van der Waals surface area contributed by atoms with Gasteiger partial charge in [-0.2, -0.15) is 0 Å². The maximum absolute atomic E-state index is 3.31. The summed E-state index contributed by atoms with van der Waals surface area (Å²) in [5, 5.41) is 3.31. The van der Waals surface area contributed by atoms with E-state index in [0.29, 0.717) is 0 Å². The van der Waals surface area contributed by atoms with Gasteiger partial charge in [-0.1, -0.05) is 38.1 Å². The number of fused-ring (bicyclic) bond motifs is 1. The largest absolute Gasteiger partial charge is 0.319 e. The number of nitrogens with one attached hydrogen (secondary N) is 1. The summed E-state index contributed by atoms with van der Waals surface area (Å²) in [6, 6.07) is 8.97. The molecule has 0 spiro atoms. The van der Waals surface area contributed by atoms with Crippen LogP contribution >= 0.6 is 0 Å². The van der Waals surface area contributed by atoms with E-state index in [9.17, 15) is 0 Å². The average molecular weight is 203 g/mol. The molecule has 0 fully saturated rings. The Morgan fingerprint density at radius 1 is 1.27 bits per heavy atom. The van der Waals surface area contributed by atoms with Gasteiger partial charge in [0, 0.05) is 6.54 Å². The lowest BCUT2D eigenvalue weighted by molar-refractivity contribution is 0.459. The molecule has 0 heterocycles. The normalized spacial score (nSPS) is 24.5. The van der Waals surface area contributed by atoms with Gasteiger partial charge in [-0.15, -0.1) is 0 Å². The van der Waals surface area contributed by atoms with Crippen LogP contribution < -0.4 is 5.32 Å². The van der Waals surface area contributed by atoms with E-state index >= 15 is 0 Å². The van der Waals surface area contributed by atoms with Crippen molar-refractivity contribution in [3.8, 4) is 0 Å². The fourth-order valence-electron chi connectivity index (χ4n) is 2.85. The first kappa shape index (κ1) is 10.7. The summed E-state index contributed by atoms with van der Waals surface area (Å²) < 4.78 is 0. The van der Waals surface area contributed by atoms with Gasteiger partial charge < -0.3 is 5.32 Å². The molecule has 82 valence electrons. The Bertz CT molecular complexity index is 330. The highest BCUT2D eigenvalue weighted by atomic mass is 14.8. The van der Waals surface area contributed by atoms with Crippen LogP contribution in [0.3, 0.4) is 0 Å². The van der Waals surface area contributed by atoms with Gasteiger partial charge in [0.05, 0.1) is 0 Å². The topological polar surface area (TPSA) is 12.0 Å². The van der Waals surface area contributed by atoms with E-state index in [2.05, 4.69) is 43.4 Å². The zero-order valence-electron chi connectivity index (χ0n) is 9.96. The molecule has 1 nitrogen and oxygen atoms in total. The van der Waals surface area contributed by atoms with Crippen molar-refractivity contribution in [2.75, 3.05) is 13.6 Å². The molecule has 0 aliphatic heterocycles. The average Bonchev–Trinajstić information content (AvgIpc) is 2.59. The zero-order chi connectivity index (χ0) is 10.8. The molecule has 1 aromatic carbocycles. The van der Waals surface area contributed by atoms with Crippen molar-refractivity contribution < 1.29 is 0 Å². The quantitative estimate of drug-likeness (QED) is 0.796. The van der Waals surface area contributed by atoms with Crippen molar-refractivity contribution in [3.05, 3.63) is 35.4 Å². The van der Waals surface area contributed by atoms with E-state index in [0.717, 1.165) is 24.3 Å². The molecule has 15 heavy (non-hydrogen) atoms. The van der Waals surface area contributed by atoms with Crippen LogP contribution in [0.1, 0.15) is 43.2 Å². The monoisotopic (exact) mass is 203 g/mol. The minimum Gasteiger partial charge on any atom is -0.319 e. The van der Waals surface area contributed by atoms with E-state index in [1.54, 1.807) is 11.1 Å². The first-order chi connectivity index (χ1) is 7.24. The number of benzene rings is 1. The molecule has 0 saturated carbocycles. The first-order valence-corrected chi connectivity index (χ1v) is 5.97. The summed E-state index contributed by atoms with van der Waals surface area (Å²) in [5.74, 6) is 2.24. The summed E-state index contributed by atoms with van der Waals surface area (Å²) in [6.45, 7) is 5.78. The molecule has 1 aliphatic rings. The highest BCUT2D eigenvalue weighted by Crippen LogP contribution is 2.44. The van der Waals surface area contributed by atoms with E-state index in [1.165, 1.54) is 6.42 Å². The first-order valence-electron chi connectivity index (χ1n) is 5.97. The fraction of sp³-hybridized carbons (Fsp3) is 0.571. The molecule has 1 aliphatic carbocycles.